The lowest BCUT2D eigenvalue weighted by atomic mass is 10.1. The van der Waals surface area contributed by atoms with Gasteiger partial charge in [0.2, 0.25) is 5.91 Å². The van der Waals surface area contributed by atoms with Crippen molar-refractivity contribution >= 4 is 11.6 Å². The maximum absolute atomic E-state index is 12.6. The van der Waals surface area contributed by atoms with Gasteiger partial charge in [-0.3, -0.25) is 9.48 Å². The van der Waals surface area contributed by atoms with Crippen molar-refractivity contribution in [1.82, 2.24) is 15.1 Å². The van der Waals surface area contributed by atoms with Crippen LogP contribution < -0.4 is 19.7 Å². The van der Waals surface area contributed by atoms with E-state index in [0.717, 1.165) is 11.3 Å². The van der Waals surface area contributed by atoms with Gasteiger partial charge in [0.1, 0.15) is 0 Å². The first-order valence-corrected chi connectivity index (χ1v) is 8.66. The van der Waals surface area contributed by atoms with Crippen molar-refractivity contribution < 1.29 is 27.4 Å². The molecule has 1 fully saturated rings. The standard InChI is InChI=1S/C18H21F3N4O3/c1-24-10-13(9-23-24)25-6-5-14(17(25)26)22-8-12-3-4-15(16(7-12)27-2)28-11-18(19,20)21/h3-4,7,9-10,14,22H,5-6,8,11H2,1-2H3/t14-/m1/s1. The molecule has 152 valence electrons. The van der Waals surface area contributed by atoms with Gasteiger partial charge in [-0.05, 0) is 24.1 Å². The Morgan fingerprint density at radius 1 is 1.32 bits per heavy atom. The molecule has 0 bridgehead atoms. The molecule has 1 atom stereocenters. The summed E-state index contributed by atoms with van der Waals surface area (Å²) in [7, 11) is 3.15. The number of methoxy groups -OCH3 is 1. The average Bonchev–Trinajstić information content (AvgIpc) is 3.23. The maximum atomic E-state index is 12.6. The molecule has 1 aromatic carbocycles. The van der Waals surface area contributed by atoms with Crippen LogP contribution in [0.15, 0.2) is 30.6 Å². The fourth-order valence-electron chi connectivity index (χ4n) is 3.02. The van der Waals surface area contributed by atoms with Crippen molar-refractivity contribution in [3.05, 3.63) is 36.2 Å². The first kappa shape index (κ1) is 20.0. The topological polar surface area (TPSA) is 68.6 Å². The van der Waals surface area contributed by atoms with Crippen molar-refractivity contribution in [2.45, 2.75) is 25.2 Å². The first-order chi connectivity index (χ1) is 13.3. The van der Waals surface area contributed by atoms with Gasteiger partial charge in [0.05, 0.1) is 25.0 Å². The number of benzene rings is 1. The average molecular weight is 398 g/mol. The second-order valence-electron chi connectivity index (χ2n) is 6.47. The third kappa shape index (κ3) is 4.75. The number of halogens is 3. The molecule has 7 nitrogen and oxygen atoms in total. The predicted octanol–water partition coefficient (Wildman–Crippen LogP) is 2.26. The van der Waals surface area contributed by atoms with Gasteiger partial charge in [-0.15, -0.1) is 0 Å². The smallest absolute Gasteiger partial charge is 0.422 e. The molecule has 0 radical (unpaired) electrons. The summed E-state index contributed by atoms with van der Waals surface area (Å²) < 4.78 is 48.5. The number of amides is 1. The van der Waals surface area contributed by atoms with Crippen LogP contribution in [0.1, 0.15) is 12.0 Å². The molecule has 2 heterocycles. The number of alkyl halides is 3. The van der Waals surface area contributed by atoms with E-state index in [2.05, 4.69) is 10.4 Å². The Balaban J connectivity index is 1.59. The Morgan fingerprint density at radius 3 is 2.75 bits per heavy atom. The van der Waals surface area contributed by atoms with E-state index in [1.807, 2.05) is 0 Å². The quantitative estimate of drug-likeness (QED) is 0.775. The third-order valence-corrected chi connectivity index (χ3v) is 4.38. The summed E-state index contributed by atoms with van der Waals surface area (Å²) >= 11 is 0. The lowest BCUT2D eigenvalue weighted by Crippen LogP contribution is -2.37. The second-order valence-corrected chi connectivity index (χ2v) is 6.47. The summed E-state index contributed by atoms with van der Waals surface area (Å²) in [6, 6.07) is 4.32. The molecule has 2 aromatic rings. The minimum atomic E-state index is -4.42. The summed E-state index contributed by atoms with van der Waals surface area (Å²) in [6.07, 6.45) is -0.346. The van der Waals surface area contributed by atoms with E-state index in [1.54, 1.807) is 41.2 Å². The van der Waals surface area contributed by atoms with Gasteiger partial charge in [-0.1, -0.05) is 6.07 Å². The minimum absolute atomic E-state index is 0.0169. The zero-order chi connectivity index (χ0) is 20.3. The predicted molar refractivity (Wildman–Crippen MR) is 95.3 cm³/mol. The first-order valence-electron chi connectivity index (χ1n) is 8.66. The number of nitrogens with one attached hydrogen (secondary N) is 1. The fraction of sp³-hybridized carbons (Fsp3) is 0.444. The SMILES string of the molecule is COc1cc(CN[C@@H]2CCN(c3cnn(C)c3)C2=O)ccc1OCC(F)(F)F. The number of aryl methyl sites for hydroxylation is 1. The number of carbonyl (C=O) groups excluding carboxylic acids is 1. The number of aromatic nitrogens is 2. The molecule has 0 spiro atoms. The maximum Gasteiger partial charge on any atom is 0.422 e. The van der Waals surface area contributed by atoms with E-state index in [-0.39, 0.29) is 23.4 Å². The monoisotopic (exact) mass is 398 g/mol. The zero-order valence-electron chi connectivity index (χ0n) is 15.5. The van der Waals surface area contributed by atoms with Crippen LogP contribution in [-0.4, -0.2) is 48.2 Å². The van der Waals surface area contributed by atoms with Crippen LogP contribution in [0, 0.1) is 0 Å². The van der Waals surface area contributed by atoms with Crippen LogP contribution in [0.25, 0.3) is 0 Å². The molecule has 1 saturated heterocycles. The summed E-state index contributed by atoms with van der Waals surface area (Å²) in [5.74, 6) is 0.187. The number of anilines is 1. The Labute approximate surface area is 160 Å². The highest BCUT2D eigenvalue weighted by atomic mass is 19.4. The molecule has 1 aliphatic heterocycles. The Hall–Kier alpha value is -2.75. The van der Waals surface area contributed by atoms with Gasteiger partial charge in [-0.2, -0.15) is 18.3 Å². The highest BCUT2D eigenvalue weighted by Crippen LogP contribution is 2.30. The van der Waals surface area contributed by atoms with Crippen LogP contribution >= 0.6 is 0 Å². The number of carbonyl (C=O) groups is 1. The molecule has 0 unspecified atom stereocenters. The van der Waals surface area contributed by atoms with Gasteiger partial charge in [0.25, 0.3) is 0 Å². The lowest BCUT2D eigenvalue weighted by molar-refractivity contribution is -0.153. The minimum Gasteiger partial charge on any atom is -0.493 e. The molecule has 1 N–H and O–H groups in total. The van der Waals surface area contributed by atoms with E-state index in [1.165, 1.54) is 13.2 Å². The molecule has 0 saturated carbocycles. The largest absolute Gasteiger partial charge is 0.493 e. The molecular formula is C18H21F3N4O3. The molecule has 1 aliphatic rings. The normalized spacial score (nSPS) is 17.2. The van der Waals surface area contributed by atoms with E-state index < -0.39 is 12.8 Å². The molecule has 1 amide bonds. The number of rotatable bonds is 7. The fourth-order valence-corrected chi connectivity index (χ4v) is 3.02. The zero-order valence-corrected chi connectivity index (χ0v) is 15.5. The molecule has 0 aliphatic carbocycles. The number of nitrogens with zero attached hydrogens (tertiary/aromatic N) is 3. The van der Waals surface area contributed by atoms with E-state index in [4.69, 9.17) is 9.47 Å². The van der Waals surface area contributed by atoms with E-state index in [0.29, 0.717) is 19.5 Å². The van der Waals surface area contributed by atoms with E-state index >= 15 is 0 Å². The summed E-state index contributed by atoms with van der Waals surface area (Å²) in [6.45, 7) is -0.426. The molecule has 3 rings (SSSR count). The Kier molecular flexibility index (Phi) is 5.78. The Morgan fingerprint density at radius 2 is 2.11 bits per heavy atom. The number of hydrogen-bond acceptors (Lipinski definition) is 5. The van der Waals surface area contributed by atoms with Gasteiger partial charge < -0.3 is 19.7 Å². The molecule has 10 heteroatoms. The van der Waals surface area contributed by atoms with Crippen LogP contribution in [0.2, 0.25) is 0 Å². The van der Waals surface area contributed by atoms with Gasteiger partial charge >= 0.3 is 6.18 Å². The molecule has 1 aromatic heterocycles. The van der Waals surface area contributed by atoms with Gasteiger partial charge in [0.15, 0.2) is 18.1 Å². The highest BCUT2D eigenvalue weighted by molar-refractivity contribution is 5.99. The molecule has 28 heavy (non-hydrogen) atoms. The second kappa shape index (κ2) is 8.09. The van der Waals surface area contributed by atoms with Crippen molar-refractivity contribution in [3.63, 3.8) is 0 Å². The lowest BCUT2D eigenvalue weighted by Gasteiger charge is -2.16. The summed E-state index contributed by atoms with van der Waals surface area (Å²) in [4.78, 5) is 14.2. The van der Waals surface area contributed by atoms with Crippen molar-refractivity contribution in [3.8, 4) is 11.5 Å². The van der Waals surface area contributed by atoms with Crippen LogP contribution in [0.5, 0.6) is 11.5 Å². The number of ether oxygens (including phenoxy) is 2. The van der Waals surface area contributed by atoms with Crippen LogP contribution in [0.4, 0.5) is 18.9 Å². The van der Waals surface area contributed by atoms with Crippen molar-refractivity contribution in [2.24, 2.45) is 7.05 Å². The van der Waals surface area contributed by atoms with Crippen LogP contribution in [-0.2, 0) is 18.4 Å². The van der Waals surface area contributed by atoms with Crippen molar-refractivity contribution in [1.29, 1.82) is 0 Å². The Bertz CT molecular complexity index is 838. The summed E-state index contributed by atoms with van der Waals surface area (Å²) in [5, 5.41) is 7.26. The van der Waals surface area contributed by atoms with Gasteiger partial charge in [0, 0.05) is 26.3 Å². The molecular weight excluding hydrogens is 377 g/mol. The number of hydrogen-bond donors (Lipinski definition) is 1. The third-order valence-electron chi connectivity index (χ3n) is 4.38. The van der Waals surface area contributed by atoms with E-state index in [9.17, 15) is 18.0 Å². The van der Waals surface area contributed by atoms with Gasteiger partial charge in [-0.25, -0.2) is 0 Å². The van der Waals surface area contributed by atoms with Crippen LogP contribution in [0.3, 0.4) is 0 Å². The summed E-state index contributed by atoms with van der Waals surface area (Å²) in [5.41, 5.74) is 1.52. The highest BCUT2D eigenvalue weighted by Gasteiger charge is 2.33. The van der Waals surface area contributed by atoms with Crippen molar-refractivity contribution in [2.75, 3.05) is 25.2 Å².